The highest BCUT2D eigenvalue weighted by atomic mass is 19.1. The van der Waals surface area contributed by atoms with Crippen molar-refractivity contribution in [1.82, 2.24) is 20.0 Å². The molecule has 396 valence electrons. The predicted molar refractivity (Wildman–Crippen MR) is 276 cm³/mol. The first-order valence-corrected chi connectivity index (χ1v) is 25.1. The zero-order valence-corrected chi connectivity index (χ0v) is 43.6. The zero-order valence-electron chi connectivity index (χ0n) is 43.6. The molecular formula is C57H72F4N4O8. The summed E-state index contributed by atoms with van der Waals surface area (Å²) in [7, 11) is 9.07. The third-order valence-corrected chi connectivity index (χ3v) is 13.8. The summed E-state index contributed by atoms with van der Waals surface area (Å²) in [5.74, 6) is 0.234. The van der Waals surface area contributed by atoms with E-state index >= 15 is 0 Å². The average Bonchev–Trinajstić information content (AvgIpc) is 4.08. The monoisotopic (exact) mass is 1020 g/mol. The van der Waals surface area contributed by atoms with Crippen LogP contribution in [0.25, 0.3) is 12.2 Å². The third-order valence-electron chi connectivity index (χ3n) is 13.8. The molecule has 2 atom stereocenters. The number of nitrogens with zero attached hydrogens (tertiary/aromatic N) is 3. The third kappa shape index (κ3) is 15.2. The lowest BCUT2D eigenvalue weighted by Crippen LogP contribution is -2.45. The van der Waals surface area contributed by atoms with Crippen LogP contribution in [0.5, 0.6) is 34.5 Å². The van der Waals surface area contributed by atoms with Crippen LogP contribution >= 0.6 is 0 Å². The largest absolute Gasteiger partial charge is 0.493 e. The minimum atomic E-state index is -0.644. The van der Waals surface area contributed by atoms with Crippen LogP contribution in [0.3, 0.4) is 0 Å². The Hall–Kier alpha value is -6.26. The molecule has 4 aromatic rings. The normalized spacial score (nSPS) is 17.4. The van der Waals surface area contributed by atoms with Crippen LogP contribution in [-0.2, 0) is 0 Å². The second-order valence-electron chi connectivity index (χ2n) is 19.1. The Labute approximate surface area is 428 Å². The summed E-state index contributed by atoms with van der Waals surface area (Å²) >= 11 is 0. The molecular weight excluding hydrogens is 945 g/mol. The van der Waals surface area contributed by atoms with Crippen LogP contribution in [0.1, 0.15) is 103 Å². The van der Waals surface area contributed by atoms with Crippen molar-refractivity contribution >= 4 is 24.0 Å². The van der Waals surface area contributed by atoms with Gasteiger partial charge in [0, 0.05) is 79.2 Å². The molecule has 0 radical (unpaired) electrons. The number of halogens is 4. The van der Waals surface area contributed by atoms with E-state index in [0.29, 0.717) is 70.8 Å². The molecule has 3 fully saturated rings. The Morgan fingerprint density at radius 3 is 1.47 bits per heavy atom. The van der Waals surface area contributed by atoms with Crippen LogP contribution in [0.2, 0.25) is 0 Å². The van der Waals surface area contributed by atoms with Crippen molar-refractivity contribution in [2.45, 2.75) is 83.7 Å². The molecule has 2 amide bonds. The predicted octanol–water partition coefficient (Wildman–Crippen LogP) is 10.9. The van der Waals surface area contributed by atoms with Gasteiger partial charge in [0.05, 0.1) is 42.7 Å². The molecule has 0 bridgehead atoms. The average molecular weight is 1020 g/mol. The first-order valence-electron chi connectivity index (χ1n) is 25.1. The quantitative estimate of drug-likeness (QED) is 0.0859. The number of rotatable bonds is 20. The number of amides is 2. The molecule has 0 spiro atoms. The molecule has 2 saturated heterocycles. The molecule has 2 heterocycles. The number of nitrogens with one attached hydrogen (secondary N) is 1. The topological polar surface area (TPSA) is 111 Å². The maximum absolute atomic E-state index is 14.4. The molecule has 2 unspecified atom stereocenters. The standard InChI is InChI=1S/C32H42F2N2O4.C25H30F2N2O4/c1-22(15-24-12-13-26(33)18-28(24)34)19-36(21-27-11-8-14-35(27)20-23-9-6-5-7-10-23)32(37)25-16-29(38-2)31(40-4)30(17-25)39-3;1-16(10-17-7-8-19(26)13-21(17)27)14-29(15-20-6-5-9-28-20)25(30)18-11-22(31-2)24(33-4)23(12-18)32-3/h12-13,15-18,23,27H,5-11,14,19-21H2,1-4H3;7-8,10-13,20,28H,5-6,9,14-15H2,1-4H3/b22-15+;16-10+. The van der Waals surface area contributed by atoms with E-state index in [2.05, 4.69) is 10.2 Å². The minimum absolute atomic E-state index is 0.170. The van der Waals surface area contributed by atoms with Gasteiger partial charge in [-0.1, -0.05) is 42.6 Å². The van der Waals surface area contributed by atoms with Gasteiger partial charge in [-0.05, 0) is 120 Å². The molecule has 12 nitrogen and oxygen atoms in total. The van der Waals surface area contributed by atoms with E-state index in [1.165, 1.54) is 99.0 Å². The second kappa shape index (κ2) is 27.2. The highest BCUT2D eigenvalue weighted by Crippen LogP contribution is 2.40. The second-order valence-corrected chi connectivity index (χ2v) is 19.1. The van der Waals surface area contributed by atoms with Crippen LogP contribution in [-0.4, -0.2) is 127 Å². The van der Waals surface area contributed by atoms with Gasteiger partial charge in [0.1, 0.15) is 23.3 Å². The van der Waals surface area contributed by atoms with Crippen LogP contribution in [0, 0.1) is 29.2 Å². The number of hydrogen-bond acceptors (Lipinski definition) is 10. The Bertz CT molecular complexity index is 2510. The van der Waals surface area contributed by atoms with Gasteiger partial charge in [0.2, 0.25) is 11.5 Å². The zero-order chi connectivity index (χ0) is 52.6. The van der Waals surface area contributed by atoms with Crippen molar-refractivity contribution < 1.29 is 55.6 Å². The summed E-state index contributed by atoms with van der Waals surface area (Å²) in [6.07, 6.45) is 14.0. The molecule has 4 aromatic carbocycles. The number of carbonyl (C=O) groups is 2. The first-order chi connectivity index (χ1) is 35.2. The van der Waals surface area contributed by atoms with Gasteiger partial charge in [-0.2, -0.15) is 0 Å². The van der Waals surface area contributed by atoms with Crippen molar-refractivity contribution in [2.24, 2.45) is 5.92 Å². The Morgan fingerprint density at radius 1 is 0.589 bits per heavy atom. The molecule has 3 aliphatic rings. The fraction of sp³-hybridized carbons (Fsp3) is 0.474. The molecule has 73 heavy (non-hydrogen) atoms. The number of benzene rings is 4. The maximum Gasteiger partial charge on any atom is 0.254 e. The van der Waals surface area contributed by atoms with Crippen molar-refractivity contribution in [3.8, 4) is 34.5 Å². The Morgan fingerprint density at radius 2 is 1.05 bits per heavy atom. The number of ether oxygens (including phenoxy) is 6. The highest BCUT2D eigenvalue weighted by molar-refractivity contribution is 5.96. The summed E-state index contributed by atoms with van der Waals surface area (Å²) in [6.45, 7) is 8.35. The molecule has 1 N–H and O–H groups in total. The minimum Gasteiger partial charge on any atom is -0.493 e. The molecule has 1 saturated carbocycles. The lowest BCUT2D eigenvalue weighted by molar-refractivity contribution is 0.0708. The number of hydrogen-bond donors (Lipinski definition) is 1. The molecule has 2 aliphatic heterocycles. The lowest BCUT2D eigenvalue weighted by Gasteiger charge is -2.34. The van der Waals surface area contributed by atoms with Gasteiger partial charge in [0.25, 0.3) is 11.8 Å². The van der Waals surface area contributed by atoms with Gasteiger partial charge >= 0.3 is 0 Å². The van der Waals surface area contributed by atoms with Gasteiger partial charge < -0.3 is 43.5 Å². The number of methoxy groups -OCH3 is 6. The summed E-state index contributed by atoms with van der Waals surface area (Å²) in [4.78, 5) is 33.7. The molecule has 0 aromatic heterocycles. The van der Waals surface area contributed by atoms with E-state index in [0.717, 1.165) is 74.5 Å². The summed E-state index contributed by atoms with van der Waals surface area (Å²) in [6, 6.07) is 14.0. The van der Waals surface area contributed by atoms with Crippen molar-refractivity contribution in [3.63, 3.8) is 0 Å². The fourth-order valence-corrected chi connectivity index (χ4v) is 10.2. The van der Waals surface area contributed by atoms with Crippen molar-refractivity contribution in [1.29, 1.82) is 0 Å². The lowest BCUT2D eigenvalue weighted by atomic mass is 9.89. The Kier molecular flexibility index (Phi) is 20.8. The summed E-state index contributed by atoms with van der Waals surface area (Å²) in [5, 5.41) is 3.41. The Balaban J connectivity index is 0.000000243. The fourth-order valence-electron chi connectivity index (χ4n) is 10.2. The molecule has 7 rings (SSSR count). The number of carbonyl (C=O) groups excluding carboxylic acids is 2. The van der Waals surface area contributed by atoms with E-state index in [-0.39, 0.29) is 36.0 Å². The van der Waals surface area contributed by atoms with Crippen LogP contribution < -0.4 is 33.7 Å². The van der Waals surface area contributed by atoms with Crippen molar-refractivity contribution in [3.05, 3.63) is 117 Å². The molecule has 16 heteroatoms. The van der Waals surface area contributed by atoms with Gasteiger partial charge in [-0.15, -0.1) is 0 Å². The number of likely N-dealkylation sites (tertiary alicyclic amines) is 1. The SMILES string of the molecule is COc1cc(C(=O)N(C/C(C)=C/c2ccc(F)cc2F)CC2CCCN2)cc(OC)c1OC.COc1cc(C(=O)N(C/C(C)=C/c2ccc(F)cc2F)CC2CCCN2CC2CCCCC2)cc(OC)c1OC. The van der Waals surface area contributed by atoms with Crippen molar-refractivity contribution in [2.75, 3.05) is 88.5 Å². The van der Waals surface area contributed by atoms with Crippen LogP contribution in [0.15, 0.2) is 71.8 Å². The summed E-state index contributed by atoms with van der Waals surface area (Å²) in [5.41, 5.74) is 2.93. The van der Waals surface area contributed by atoms with Gasteiger partial charge in [-0.25, -0.2) is 17.6 Å². The first kappa shape index (κ1) is 56.0. The van der Waals surface area contributed by atoms with E-state index in [4.69, 9.17) is 28.4 Å². The highest BCUT2D eigenvalue weighted by Gasteiger charge is 2.32. The van der Waals surface area contributed by atoms with E-state index in [9.17, 15) is 27.2 Å². The van der Waals surface area contributed by atoms with Gasteiger partial charge in [0.15, 0.2) is 23.0 Å². The molecule has 1 aliphatic carbocycles. The van der Waals surface area contributed by atoms with E-state index < -0.39 is 23.3 Å². The van der Waals surface area contributed by atoms with E-state index in [1.54, 1.807) is 41.3 Å². The van der Waals surface area contributed by atoms with Gasteiger partial charge in [-0.3, -0.25) is 14.5 Å². The van der Waals surface area contributed by atoms with Crippen LogP contribution in [0.4, 0.5) is 17.6 Å². The maximum atomic E-state index is 14.4. The van der Waals surface area contributed by atoms with E-state index in [1.807, 2.05) is 18.7 Å². The smallest absolute Gasteiger partial charge is 0.254 e. The summed E-state index contributed by atoms with van der Waals surface area (Å²) < 4.78 is 87.8.